The van der Waals surface area contributed by atoms with Crippen molar-refractivity contribution in [3.05, 3.63) is 35.4 Å². The maximum atomic E-state index is 5.60. The molecule has 0 saturated carbocycles. The van der Waals surface area contributed by atoms with Crippen molar-refractivity contribution in [1.29, 1.82) is 0 Å². The molecule has 0 aromatic heterocycles. The fourth-order valence-electron chi connectivity index (χ4n) is 2.36. The molecule has 0 saturated heterocycles. The monoisotopic (exact) mass is 236 g/mol. The van der Waals surface area contributed by atoms with Crippen molar-refractivity contribution < 1.29 is 0 Å². The van der Waals surface area contributed by atoms with Gasteiger partial charge in [-0.3, -0.25) is 11.3 Å². The number of hydrogen-bond acceptors (Lipinski definition) is 3. The van der Waals surface area contributed by atoms with Crippen LogP contribution in [0.3, 0.4) is 0 Å². The third-order valence-corrected chi connectivity index (χ3v) is 4.34. The number of hydrogen-bond donors (Lipinski definition) is 2. The van der Waals surface area contributed by atoms with Crippen LogP contribution in [0.15, 0.2) is 24.3 Å². The lowest BCUT2D eigenvalue weighted by Gasteiger charge is -2.32. The maximum Gasteiger partial charge on any atom is 0.0307 e. The Kier molecular flexibility index (Phi) is 4.27. The van der Waals surface area contributed by atoms with Gasteiger partial charge in [0.25, 0.3) is 0 Å². The van der Waals surface area contributed by atoms with Crippen LogP contribution in [0, 0.1) is 0 Å². The minimum absolute atomic E-state index is 0.448. The summed E-state index contributed by atoms with van der Waals surface area (Å²) in [6.45, 7) is 2.19. The lowest BCUT2D eigenvalue weighted by molar-refractivity contribution is 0.452. The van der Waals surface area contributed by atoms with Gasteiger partial charge in [-0.15, -0.1) is 0 Å². The fraction of sp³-hybridized carbons (Fsp3) is 0.538. The van der Waals surface area contributed by atoms with Gasteiger partial charge in [-0.05, 0) is 35.6 Å². The number of hydrazine groups is 1. The van der Waals surface area contributed by atoms with Crippen molar-refractivity contribution in [1.82, 2.24) is 5.43 Å². The Morgan fingerprint density at radius 2 is 2.31 bits per heavy atom. The maximum absolute atomic E-state index is 5.60. The predicted octanol–water partition coefficient (Wildman–Crippen LogP) is 2.30. The molecule has 0 radical (unpaired) electrons. The second-order valence-corrected chi connectivity index (χ2v) is 5.68. The first-order chi connectivity index (χ1) is 7.85. The summed E-state index contributed by atoms with van der Waals surface area (Å²) in [4.78, 5) is 0. The summed E-state index contributed by atoms with van der Waals surface area (Å²) in [5.41, 5.74) is 6.00. The number of nitrogens with one attached hydrogen (secondary N) is 1. The van der Waals surface area contributed by atoms with E-state index < -0.39 is 0 Å². The van der Waals surface area contributed by atoms with Crippen LogP contribution in [0.5, 0.6) is 0 Å². The predicted molar refractivity (Wildman–Crippen MR) is 71.6 cm³/mol. The van der Waals surface area contributed by atoms with Crippen LogP contribution >= 0.6 is 11.8 Å². The largest absolute Gasteiger partial charge is 0.271 e. The molecule has 1 aromatic carbocycles. The number of fused-ring (bicyclic) bond motifs is 1. The highest BCUT2D eigenvalue weighted by Crippen LogP contribution is 2.38. The van der Waals surface area contributed by atoms with Crippen molar-refractivity contribution >= 4 is 11.8 Å². The molecule has 1 aliphatic rings. The number of thioether (sulfide) groups is 1. The number of nitrogens with two attached hydrogens (primary N) is 1. The fourth-order valence-corrected chi connectivity index (χ4v) is 3.11. The average Bonchev–Trinajstić information content (AvgIpc) is 2.30. The van der Waals surface area contributed by atoms with Crippen molar-refractivity contribution in [3.63, 3.8) is 0 Å². The molecule has 2 nitrogen and oxygen atoms in total. The SMILES string of the molecule is CCSCC(CC1Cc2ccccc21)NN. The Balaban J connectivity index is 1.87. The number of rotatable bonds is 6. The van der Waals surface area contributed by atoms with Gasteiger partial charge in [-0.2, -0.15) is 11.8 Å². The molecular weight excluding hydrogens is 216 g/mol. The van der Waals surface area contributed by atoms with E-state index in [0.717, 1.165) is 11.7 Å². The molecule has 88 valence electrons. The van der Waals surface area contributed by atoms with Gasteiger partial charge in [0.05, 0.1) is 0 Å². The molecule has 16 heavy (non-hydrogen) atoms. The van der Waals surface area contributed by atoms with E-state index in [9.17, 15) is 0 Å². The van der Waals surface area contributed by atoms with Crippen molar-refractivity contribution in [2.24, 2.45) is 5.84 Å². The van der Waals surface area contributed by atoms with Gasteiger partial charge in [-0.25, -0.2) is 0 Å². The summed E-state index contributed by atoms with van der Waals surface area (Å²) in [6, 6.07) is 9.20. The van der Waals surface area contributed by atoms with Crippen molar-refractivity contribution in [2.75, 3.05) is 11.5 Å². The Bertz CT molecular complexity index is 340. The molecule has 3 heteroatoms. The van der Waals surface area contributed by atoms with E-state index in [4.69, 9.17) is 5.84 Å². The molecule has 0 aliphatic heterocycles. The Labute approximate surface area is 102 Å². The summed E-state index contributed by atoms with van der Waals surface area (Å²) in [7, 11) is 0. The first-order valence-corrected chi connectivity index (χ1v) is 7.12. The van der Waals surface area contributed by atoms with Gasteiger partial charge in [0.2, 0.25) is 0 Å². The van der Waals surface area contributed by atoms with E-state index in [1.54, 1.807) is 0 Å². The first kappa shape index (κ1) is 12.0. The summed E-state index contributed by atoms with van der Waals surface area (Å²) in [5, 5.41) is 0. The molecule has 2 unspecified atom stereocenters. The van der Waals surface area contributed by atoms with Crippen molar-refractivity contribution in [2.45, 2.75) is 31.7 Å². The van der Waals surface area contributed by atoms with Crippen LogP contribution in [0.2, 0.25) is 0 Å². The molecule has 0 heterocycles. The van der Waals surface area contributed by atoms with E-state index in [-0.39, 0.29) is 0 Å². The van der Waals surface area contributed by atoms with Crippen LogP contribution in [0.25, 0.3) is 0 Å². The highest BCUT2D eigenvalue weighted by atomic mass is 32.2. The van der Waals surface area contributed by atoms with E-state index >= 15 is 0 Å². The van der Waals surface area contributed by atoms with Gasteiger partial charge in [-0.1, -0.05) is 31.2 Å². The van der Waals surface area contributed by atoms with Crippen LogP contribution in [-0.4, -0.2) is 17.5 Å². The Morgan fingerprint density at radius 1 is 1.50 bits per heavy atom. The van der Waals surface area contributed by atoms with Crippen LogP contribution in [-0.2, 0) is 6.42 Å². The lowest BCUT2D eigenvalue weighted by Crippen LogP contribution is -2.39. The summed E-state index contributed by atoms with van der Waals surface area (Å²) >= 11 is 1.96. The van der Waals surface area contributed by atoms with Crippen molar-refractivity contribution in [3.8, 4) is 0 Å². The first-order valence-electron chi connectivity index (χ1n) is 5.96. The molecule has 0 amide bonds. The second-order valence-electron chi connectivity index (χ2n) is 4.36. The third kappa shape index (κ3) is 2.59. The Hall–Kier alpha value is -0.510. The zero-order valence-corrected chi connectivity index (χ0v) is 10.6. The standard InChI is InChI=1S/C13H20N2S/c1-2-16-9-12(15-14)8-11-7-10-5-3-4-6-13(10)11/h3-6,11-12,15H,2,7-9,14H2,1H3. The van der Waals surface area contributed by atoms with E-state index in [1.807, 2.05) is 11.8 Å². The highest BCUT2D eigenvalue weighted by molar-refractivity contribution is 7.99. The smallest absolute Gasteiger partial charge is 0.0307 e. The average molecular weight is 236 g/mol. The quantitative estimate of drug-likeness (QED) is 0.588. The van der Waals surface area contributed by atoms with Gasteiger partial charge in [0, 0.05) is 11.8 Å². The number of benzene rings is 1. The molecule has 0 spiro atoms. The molecular formula is C13H20N2S. The lowest BCUT2D eigenvalue weighted by atomic mass is 9.75. The zero-order chi connectivity index (χ0) is 11.4. The molecule has 2 rings (SSSR count). The van der Waals surface area contributed by atoms with E-state index in [1.165, 1.54) is 29.7 Å². The van der Waals surface area contributed by atoms with E-state index in [2.05, 4.69) is 36.6 Å². The third-order valence-electron chi connectivity index (χ3n) is 3.29. The van der Waals surface area contributed by atoms with Crippen LogP contribution in [0.1, 0.15) is 30.4 Å². The van der Waals surface area contributed by atoms with Crippen LogP contribution < -0.4 is 11.3 Å². The molecule has 1 aromatic rings. The molecule has 0 bridgehead atoms. The summed E-state index contributed by atoms with van der Waals surface area (Å²) in [5.74, 6) is 8.60. The molecule has 0 fully saturated rings. The molecule has 3 N–H and O–H groups in total. The van der Waals surface area contributed by atoms with Gasteiger partial charge in [0.15, 0.2) is 0 Å². The van der Waals surface area contributed by atoms with E-state index in [0.29, 0.717) is 6.04 Å². The normalized spacial score (nSPS) is 20.0. The topological polar surface area (TPSA) is 38.0 Å². The molecule has 2 atom stereocenters. The molecule has 1 aliphatic carbocycles. The summed E-state index contributed by atoms with van der Waals surface area (Å²) < 4.78 is 0. The second kappa shape index (κ2) is 5.71. The summed E-state index contributed by atoms with van der Waals surface area (Å²) in [6.07, 6.45) is 2.39. The highest BCUT2D eigenvalue weighted by Gasteiger charge is 2.27. The minimum atomic E-state index is 0.448. The van der Waals surface area contributed by atoms with Gasteiger partial charge < -0.3 is 0 Å². The zero-order valence-electron chi connectivity index (χ0n) is 9.78. The Morgan fingerprint density at radius 3 is 3.00 bits per heavy atom. The van der Waals surface area contributed by atoms with Gasteiger partial charge in [0.1, 0.15) is 0 Å². The minimum Gasteiger partial charge on any atom is -0.271 e. The van der Waals surface area contributed by atoms with Crippen LogP contribution in [0.4, 0.5) is 0 Å². The van der Waals surface area contributed by atoms with Gasteiger partial charge >= 0.3 is 0 Å².